The van der Waals surface area contributed by atoms with Crippen molar-refractivity contribution in [2.75, 3.05) is 26.3 Å². The zero-order valence-electron chi connectivity index (χ0n) is 12.7. The minimum Gasteiger partial charge on any atom is -0.490 e. The molecule has 1 N–H and O–H groups in total. The minimum absolute atomic E-state index is 0.350. The van der Waals surface area contributed by atoms with E-state index in [1.165, 1.54) is 6.42 Å². The molecule has 0 aliphatic rings. The highest BCUT2D eigenvalue weighted by atomic mass is 16.5. The van der Waals surface area contributed by atoms with Gasteiger partial charge in [0, 0.05) is 13.1 Å². The van der Waals surface area contributed by atoms with Crippen LogP contribution in [0.2, 0.25) is 0 Å². The Labute approximate surface area is 117 Å². The van der Waals surface area contributed by atoms with Crippen molar-refractivity contribution in [3.63, 3.8) is 0 Å². The van der Waals surface area contributed by atoms with Gasteiger partial charge in [0.15, 0.2) is 11.5 Å². The lowest BCUT2D eigenvalue weighted by molar-refractivity contribution is 0.263. The Balaban J connectivity index is 2.29. The Kier molecular flexibility index (Phi) is 6.71. The highest BCUT2D eigenvalue weighted by Gasteiger charge is 2.13. The number of nitrogens with one attached hydrogen (secondary N) is 1. The molecule has 0 radical (unpaired) electrons. The van der Waals surface area contributed by atoms with E-state index in [4.69, 9.17) is 9.47 Å². The number of ether oxygens (including phenoxy) is 2. The summed E-state index contributed by atoms with van der Waals surface area (Å²) in [6.07, 6.45) is 1.17. The van der Waals surface area contributed by atoms with Gasteiger partial charge in [-0.15, -0.1) is 0 Å². The number of hydrogen-bond donors (Lipinski definition) is 1. The smallest absolute Gasteiger partial charge is 0.161 e. The van der Waals surface area contributed by atoms with Crippen LogP contribution in [0, 0.1) is 5.41 Å². The van der Waals surface area contributed by atoms with Crippen molar-refractivity contribution >= 4 is 0 Å². The second-order valence-corrected chi connectivity index (χ2v) is 5.42. The SMILES string of the molecule is CCOc1ccccc1OCCNCC(C)(C)CC. The van der Waals surface area contributed by atoms with Crippen LogP contribution in [0.4, 0.5) is 0 Å². The summed E-state index contributed by atoms with van der Waals surface area (Å²) in [5.41, 5.74) is 0.350. The molecular formula is C16H27NO2. The second kappa shape index (κ2) is 8.05. The average molecular weight is 265 g/mol. The van der Waals surface area contributed by atoms with Crippen LogP contribution in [0.25, 0.3) is 0 Å². The number of hydrogen-bond acceptors (Lipinski definition) is 3. The largest absolute Gasteiger partial charge is 0.490 e. The third-order valence-electron chi connectivity index (χ3n) is 3.25. The van der Waals surface area contributed by atoms with Gasteiger partial charge in [0.2, 0.25) is 0 Å². The van der Waals surface area contributed by atoms with Crippen LogP contribution >= 0.6 is 0 Å². The van der Waals surface area contributed by atoms with E-state index in [0.717, 1.165) is 24.6 Å². The molecule has 0 aromatic heterocycles. The standard InChI is InChI=1S/C16H27NO2/c1-5-16(3,4)13-17-11-12-19-15-10-8-7-9-14(15)18-6-2/h7-10,17H,5-6,11-13H2,1-4H3. The van der Waals surface area contributed by atoms with E-state index in [1.807, 2.05) is 31.2 Å². The van der Waals surface area contributed by atoms with Crippen LogP contribution in [0.3, 0.4) is 0 Å². The van der Waals surface area contributed by atoms with Gasteiger partial charge < -0.3 is 14.8 Å². The molecule has 0 aliphatic heterocycles. The van der Waals surface area contributed by atoms with Crippen molar-refractivity contribution in [2.45, 2.75) is 34.1 Å². The molecule has 0 bridgehead atoms. The highest BCUT2D eigenvalue weighted by molar-refractivity contribution is 5.39. The molecule has 1 aromatic rings. The fraction of sp³-hybridized carbons (Fsp3) is 0.625. The molecule has 1 rings (SSSR count). The number of benzene rings is 1. The Bertz CT molecular complexity index is 364. The summed E-state index contributed by atoms with van der Waals surface area (Å²) >= 11 is 0. The maximum Gasteiger partial charge on any atom is 0.161 e. The summed E-state index contributed by atoms with van der Waals surface area (Å²) in [5.74, 6) is 1.64. The lowest BCUT2D eigenvalue weighted by Gasteiger charge is -2.23. The third-order valence-corrected chi connectivity index (χ3v) is 3.25. The van der Waals surface area contributed by atoms with Gasteiger partial charge in [-0.25, -0.2) is 0 Å². The zero-order valence-corrected chi connectivity index (χ0v) is 12.7. The van der Waals surface area contributed by atoms with E-state index < -0.39 is 0 Å². The predicted molar refractivity (Wildman–Crippen MR) is 80.0 cm³/mol. The molecular weight excluding hydrogens is 238 g/mol. The molecule has 0 saturated carbocycles. The topological polar surface area (TPSA) is 30.5 Å². The summed E-state index contributed by atoms with van der Waals surface area (Å²) < 4.78 is 11.3. The third kappa shape index (κ3) is 5.97. The maximum atomic E-state index is 5.75. The molecule has 0 saturated heterocycles. The van der Waals surface area contributed by atoms with Crippen LogP contribution in [0.15, 0.2) is 24.3 Å². The fourth-order valence-corrected chi connectivity index (χ4v) is 1.63. The Morgan fingerprint density at radius 3 is 2.26 bits per heavy atom. The van der Waals surface area contributed by atoms with Crippen LogP contribution in [0.1, 0.15) is 34.1 Å². The van der Waals surface area contributed by atoms with Gasteiger partial charge in [0.1, 0.15) is 6.61 Å². The Hall–Kier alpha value is -1.22. The highest BCUT2D eigenvalue weighted by Crippen LogP contribution is 2.26. The van der Waals surface area contributed by atoms with Crippen molar-refractivity contribution in [2.24, 2.45) is 5.41 Å². The number of para-hydroxylation sites is 2. The number of rotatable bonds is 9. The van der Waals surface area contributed by atoms with E-state index in [9.17, 15) is 0 Å². The van der Waals surface area contributed by atoms with Gasteiger partial charge in [-0.2, -0.15) is 0 Å². The molecule has 0 aliphatic carbocycles. The molecule has 19 heavy (non-hydrogen) atoms. The lowest BCUT2D eigenvalue weighted by Crippen LogP contribution is -2.31. The van der Waals surface area contributed by atoms with Crippen molar-refractivity contribution in [1.82, 2.24) is 5.32 Å². The first kappa shape index (κ1) is 15.8. The van der Waals surface area contributed by atoms with E-state index in [2.05, 4.69) is 26.1 Å². The molecule has 0 spiro atoms. The molecule has 108 valence electrons. The normalized spacial score (nSPS) is 11.4. The van der Waals surface area contributed by atoms with E-state index >= 15 is 0 Å². The van der Waals surface area contributed by atoms with Gasteiger partial charge in [0.05, 0.1) is 6.61 Å². The molecule has 0 heterocycles. The van der Waals surface area contributed by atoms with Crippen molar-refractivity contribution in [3.8, 4) is 11.5 Å². The predicted octanol–water partition coefficient (Wildman–Crippen LogP) is 3.49. The lowest BCUT2D eigenvalue weighted by atomic mass is 9.90. The monoisotopic (exact) mass is 265 g/mol. The fourth-order valence-electron chi connectivity index (χ4n) is 1.63. The van der Waals surface area contributed by atoms with Gasteiger partial charge in [-0.3, -0.25) is 0 Å². The molecule has 1 aromatic carbocycles. The van der Waals surface area contributed by atoms with Crippen LogP contribution in [-0.2, 0) is 0 Å². The maximum absolute atomic E-state index is 5.75. The van der Waals surface area contributed by atoms with Crippen molar-refractivity contribution < 1.29 is 9.47 Å². The van der Waals surface area contributed by atoms with Crippen molar-refractivity contribution in [1.29, 1.82) is 0 Å². The first-order valence-corrected chi connectivity index (χ1v) is 7.14. The summed E-state index contributed by atoms with van der Waals surface area (Å²) in [6.45, 7) is 11.9. The Morgan fingerprint density at radius 2 is 1.68 bits per heavy atom. The van der Waals surface area contributed by atoms with E-state index in [1.54, 1.807) is 0 Å². The minimum atomic E-state index is 0.350. The van der Waals surface area contributed by atoms with Gasteiger partial charge in [-0.05, 0) is 30.9 Å². The summed E-state index contributed by atoms with van der Waals surface area (Å²) in [5, 5.41) is 3.43. The van der Waals surface area contributed by atoms with E-state index in [0.29, 0.717) is 18.6 Å². The summed E-state index contributed by atoms with van der Waals surface area (Å²) in [6, 6.07) is 7.80. The summed E-state index contributed by atoms with van der Waals surface area (Å²) in [4.78, 5) is 0. The Morgan fingerprint density at radius 1 is 1.05 bits per heavy atom. The van der Waals surface area contributed by atoms with Crippen LogP contribution in [0.5, 0.6) is 11.5 Å². The zero-order chi connectivity index (χ0) is 14.1. The van der Waals surface area contributed by atoms with Crippen molar-refractivity contribution in [3.05, 3.63) is 24.3 Å². The first-order valence-electron chi connectivity index (χ1n) is 7.14. The quantitative estimate of drug-likeness (QED) is 0.693. The molecule has 0 atom stereocenters. The summed E-state index contributed by atoms with van der Waals surface area (Å²) in [7, 11) is 0. The molecule has 3 nitrogen and oxygen atoms in total. The average Bonchev–Trinajstić information content (AvgIpc) is 2.40. The van der Waals surface area contributed by atoms with Crippen LogP contribution < -0.4 is 14.8 Å². The molecule has 0 amide bonds. The molecule has 0 fully saturated rings. The molecule has 3 heteroatoms. The van der Waals surface area contributed by atoms with Crippen LogP contribution in [-0.4, -0.2) is 26.3 Å². The second-order valence-electron chi connectivity index (χ2n) is 5.42. The van der Waals surface area contributed by atoms with Gasteiger partial charge >= 0.3 is 0 Å². The van der Waals surface area contributed by atoms with Gasteiger partial charge in [0.25, 0.3) is 0 Å². The first-order chi connectivity index (χ1) is 9.09. The molecule has 0 unspecified atom stereocenters. The van der Waals surface area contributed by atoms with Gasteiger partial charge in [-0.1, -0.05) is 32.9 Å². The van der Waals surface area contributed by atoms with E-state index in [-0.39, 0.29) is 0 Å².